The third kappa shape index (κ3) is 7.88. The maximum Gasteiger partial charge on any atom is 0.171 e. The summed E-state index contributed by atoms with van der Waals surface area (Å²) in [4.78, 5) is 4.22. The topological polar surface area (TPSA) is 32.7 Å². The van der Waals surface area contributed by atoms with E-state index in [1.165, 1.54) is 33.6 Å². The van der Waals surface area contributed by atoms with E-state index in [0.717, 1.165) is 13.1 Å². The zero-order valence-electron chi connectivity index (χ0n) is 23.1. The molecule has 0 saturated carbocycles. The van der Waals surface area contributed by atoms with Crippen LogP contribution in [0.3, 0.4) is 0 Å². The van der Waals surface area contributed by atoms with Gasteiger partial charge in [0.05, 0.1) is 13.2 Å². The summed E-state index contributed by atoms with van der Waals surface area (Å²) in [6.45, 7) is 4.17. The number of anilines is 2. The second-order valence-electron chi connectivity index (χ2n) is 9.76. The van der Waals surface area contributed by atoms with Crippen LogP contribution in [0.25, 0.3) is 22.3 Å². The van der Waals surface area contributed by atoms with Crippen molar-refractivity contribution in [3.8, 4) is 22.3 Å². The Morgan fingerprint density at radius 2 is 0.763 bits per heavy atom. The van der Waals surface area contributed by atoms with E-state index in [1.807, 2.05) is 0 Å². The molecule has 6 nitrogen and oxygen atoms in total. The van der Waals surface area contributed by atoms with Gasteiger partial charge >= 0.3 is 0 Å². The Balaban J connectivity index is 1.09. The summed E-state index contributed by atoms with van der Waals surface area (Å²) in [7, 11) is 8.22. The van der Waals surface area contributed by atoms with Gasteiger partial charge in [0.2, 0.25) is 0 Å². The molecule has 0 fully saturated rings. The summed E-state index contributed by atoms with van der Waals surface area (Å²) in [6, 6.07) is 25.8. The molecule has 2 aromatic heterocycles. The fourth-order valence-electron chi connectivity index (χ4n) is 4.16. The maximum absolute atomic E-state index is 5.77. The first kappa shape index (κ1) is 27.3. The van der Waals surface area contributed by atoms with Gasteiger partial charge in [0.15, 0.2) is 37.9 Å². The molecular formula is C32H40N4O2+2. The second-order valence-corrected chi connectivity index (χ2v) is 9.76. The van der Waals surface area contributed by atoms with Crippen molar-refractivity contribution in [1.82, 2.24) is 0 Å². The monoisotopic (exact) mass is 512 g/mol. The minimum atomic E-state index is 0.601. The van der Waals surface area contributed by atoms with E-state index in [1.54, 1.807) is 0 Å². The first-order chi connectivity index (χ1) is 18.5. The van der Waals surface area contributed by atoms with Gasteiger partial charge in [0.1, 0.15) is 13.2 Å². The molecule has 0 radical (unpaired) electrons. The smallest absolute Gasteiger partial charge is 0.171 e. The van der Waals surface area contributed by atoms with Gasteiger partial charge in [0.25, 0.3) is 0 Å². The van der Waals surface area contributed by atoms with Crippen LogP contribution in [-0.4, -0.2) is 54.6 Å². The zero-order valence-corrected chi connectivity index (χ0v) is 23.1. The lowest BCUT2D eigenvalue weighted by Gasteiger charge is -2.12. The molecule has 0 aliphatic heterocycles. The van der Waals surface area contributed by atoms with Gasteiger partial charge in [-0.05, 0) is 46.5 Å². The van der Waals surface area contributed by atoms with Gasteiger partial charge in [-0.25, -0.2) is 9.13 Å². The quantitative estimate of drug-likeness (QED) is 0.196. The minimum absolute atomic E-state index is 0.601. The van der Waals surface area contributed by atoms with Crippen molar-refractivity contribution < 1.29 is 18.6 Å². The molecule has 0 spiro atoms. The average molecular weight is 513 g/mol. The summed E-state index contributed by atoms with van der Waals surface area (Å²) in [6.07, 6.45) is 8.43. The molecule has 2 heterocycles. The van der Waals surface area contributed by atoms with Crippen molar-refractivity contribution in [2.75, 3.05) is 64.4 Å². The summed E-state index contributed by atoms with van der Waals surface area (Å²) < 4.78 is 15.8. The normalized spacial score (nSPS) is 10.9. The van der Waals surface area contributed by atoms with Crippen LogP contribution in [0.4, 0.5) is 11.4 Å². The van der Waals surface area contributed by atoms with Gasteiger partial charge in [-0.2, -0.15) is 0 Å². The van der Waals surface area contributed by atoms with Crippen molar-refractivity contribution in [3.05, 3.63) is 97.6 Å². The van der Waals surface area contributed by atoms with Crippen LogP contribution in [0, 0.1) is 0 Å². The summed E-state index contributed by atoms with van der Waals surface area (Å²) in [5.41, 5.74) is 7.28. The maximum atomic E-state index is 5.77. The number of ether oxygens (including phenoxy) is 2. The standard InChI is InChI=1S/C32H40N4O2/c1-33(2)31-9-5-27(6-10-31)29-13-17-35(18-14-29)21-23-37-25-26-38-24-22-36-19-15-30(16-20-36)28-7-11-32(12-8-28)34(3)4/h5-20H,21-26H2,1-4H3/q+2. The van der Waals surface area contributed by atoms with E-state index in [0.29, 0.717) is 26.4 Å². The Bertz CT molecular complexity index is 1140. The highest BCUT2D eigenvalue weighted by atomic mass is 16.5. The predicted molar refractivity (Wildman–Crippen MR) is 154 cm³/mol. The molecule has 0 atom stereocenters. The number of aromatic nitrogens is 2. The molecule has 6 heteroatoms. The lowest BCUT2D eigenvalue weighted by atomic mass is 10.1. The van der Waals surface area contributed by atoms with Gasteiger partial charge in [0, 0.05) is 63.8 Å². The van der Waals surface area contributed by atoms with Crippen molar-refractivity contribution >= 4 is 11.4 Å². The van der Waals surface area contributed by atoms with Crippen LogP contribution in [0.5, 0.6) is 0 Å². The van der Waals surface area contributed by atoms with Gasteiger partial charge in [-0.1, -0.05) is 24.3 Å². The summed E-state index contributed by atoms with van der Waals surface area (Å²) in [5.74, 6) is 0. The van der Waals surface area contributed by atoms with Gasteiger partial charge < -0.3 is 19.3 Å². The molecule has 2 aromatic carbocycles. The molecule has 0 aliphatic rings. The van der Waals surface area contributed by atoms with Crippen LogP contribution in [0.2, 0.25) is 0 Å². The van der Waals surface area contributed by atoms with E-state index in [-0.39, 0.29) is 0 Å². The number of nitrogens with zero attached hydrogens (tertiary/aromatic N) is 4. The molecule has 0 aliphatic carbocycles. The Kier molecular flexibility index (Phi) is 9.84. The molecule has 0 amide bonds. The van der Waals surface area contributed by atoms with Crippen molar-refractivity contribution in [2.24, 2.45) is 0 Å². The van der Waals surface area contributed by atoms with E-state index in [9.17, 15) is 0 Å². The van der Waals surface area contributed by atoms with Crippen LogP contribution in [0.1, 0.15) is 0 Å². The third-order valence-electron chi connectivity index (χ3n) is 6.58. The van der Waals surface area contributed by atoms with Gasteiger partial charge in [-0.3, -0.25) is 0 Å². The van der Waals surface area contributed by atoms with E-state index >= 15 is 0 Å². The van der Waals surface area contributed by atoms with Crippen LogP contribution >= 0.6 is 0 Å². The first-order valence-electron chi connectivity index (χ1n) is 13.2. The first-order valence-corrected chi connectivity index (χ1v) is 13.2. The molecule has 38 heavy (non-hydrogen) atoms. The molecule has 0 N–H and O–H groups in total. The Labute approximate surface area is 227 Å². The molecule has 0 saturated heterocycles. The number of rotatable bonds is 13. The van der Waals surface area contributed by atoms with Crippen LogP contribution < -0.4 is 18.9 Å². The molecule has 4 aromatic rings. The van der Waals surface area contributed by atoms with Crippen LogP contribution in [0.15, 0.2) is 97.6 Å². The lowest BCUT2D eigenvalue weighted by Crippen LogP contribution is -2.35. The molecule has 0 bridgehead atoms. The largest absolute Gasteiger partial charge is 0.378 e. The Morgan fingerprint density at radius 1 is 0.447 bits per heavy atom. The van der Waals surface area contributed by atoms with Crippen molar-refractivity contribution in [3.63, 3.8) is 0 Å². The van der Waals surface area contributed by atoms with Crippen molar-refractivity contribution in [2.45, 2.75) is 13.1 Å². The Hall–Kier alpha value is -3.74. The van der Waals surface area contributed by atoms with E-state index in [4.69, 9.17) is 9.47 Å². The zero-order chi connectivity index (χ0) is 26.7. The molecule has 0 unspecified atom stereocenters. The number of benzene rings is 2. The van der Waals surface area contributed by atoms with E-state index in [2.05, 4.69) is 145 Å². The number of hydrogen-bond donors (Lipinski definition) is 0. The van der Waals surface area contributed by atoms with Crippen molar-refractivity contribution in [1.29, 1.82) is 0 Å². The van der Waals surface area contributed by atoms with E-state index < -0.39 is 0 Å². The molecule has 198 valence electrons. The summed E-state index contributed by atoms with van der Waals surface area (Å²) >= 11 is 0. The van der Waals surface area contributed by atoms with Crippen LogP contribution in [-0.2, 0) is 22.6 Å². The highest BCUT2D eigenvalue weighted by molar-refractivity contribution is 5.66. The van der Waals surface area contributed by atoms with Gasteiger partial charge in [-0.15, -0.1) is 0 Å². The third-order valence-corrected chi connectivity index (χ3v) is 6.58. The Morgan fingerprint density at radius 3 is 1.08 bits per heavy atom. The fraction of sp³-hybridized carbons (Fsp3) is 0.312. The number of hydrogen-bond acceptors (Lipinski definition) is 4. The second kappa shape index (κ2) is 13.7. The lowest BCUT2D eigenvalue weighted by molar-refractivity contribution is -0.699. The highest BCUT2D eigenvalue weighted by Crippen LogP contribution is 2.22. The predicted octanol–water partition coefficient (Wildman–Crippen LogP) is 4.46. The average Bonchev–Trinajstić information content (AvgIpc) is 2.95. The molecular weight excluding hydrogens is 472 g/mol. The summed E-state index contributed by atoms with van der Waals surface area (Å²) in [5, 5.41) is 0. The minimum Gasteiger partial charge on any atom is -0.378 e. The highest BCUT2D eigenvalue weighted by Gasteiger charge is 2.06. The molecule has 4 rings (SSSR count). The fourth-order valence-corrected chi connectivity index (χ4v) is 4.16. The SMILES string of the molecule is CN(C)c1ccc(-c2cc[n+](CCOCCOCC[n+]3ccc(-c4ccc(N(C)C)cc4)cc3)cc2)cc1. The number of pyridine rings is 2.